The van der Waals surface area contributed by atoms with Gasteiger partial charge in [0.25, 0.3) is 0 Å². The van der Waals surface area contributed by atoms with E-state index in [0.29, 0.717) is 0 Å². The van der Waals surface area contributed by atoms with E-state index in [1.165, 1.54) is 205 Å². The van der Waals surface area contributed by atoms with E-state index >= 15 is 0 Å². The summed E-state index contributed by atoms with van der Waals surface area (Å²) in [4.78, 5) is 8.77. The summed E-state index contributed by atoms with van der Waals surface area (Å²) in [5.74, 6) is 0.930. The number of aliphatic imine (C=N–C) groups is 2. The molecule has 0 saturated carbocycles. The molecule has 0 aliphatic carbocycles. The molecule has 1 heterocycles. The molecule has 0 aromatic rings. The molecular formula is C39H75N2+. The summed E-state index contributed by atoms with van der Waals surface area (Å²) in [7, 11) is 0. The van der Waals surface area contributed by atoms with Gasteiger partial charge in [0.2, 0.25) is 6.17 Å². The van der Waals surface area contributed by atoms with Crippen molar-refractivity contribution in [3.05, 3.63) is 6.17 Å². The van der Waals surface area contributed by atoms with Crippen molar-refractivity contribution in [2.24, 2.45) is 15.9 Å². The highest BCUT2D eigenvalue weighted by atomic mass is 15.0. The van der Waals surface area contributed by atoms with E-state index in [2.05, 4.69) is 23.8 Å². The Morgan fingerprint density at radius 1 is 0.366 bits per heavy atom. The first-order valence-corrected chi connectivity index (χ1v) is 19.3. The molecule has 0 radical (unpaired) electrons. The fourth-order valence-corrected chi connectivity index (χ4v) is 6.64. The highest BCUT2D eigenvalue weighted by Crippen LogP contribution is 2.26. The molecule has 0 saturated heterocycles. The minimum atomic E-state index is 0.930. The van der Waals surface area contributed by atoms with Gasteiger partial charge in [-0.05, 0) is 18.8 Å². The molecule has 0 aromatic heterocycles. The topological polar surface area (TPSA) is 24.7 Å². The largest absolute Gasteiger partial charge is 0.240 e. The highest BCUT2D eigenvalue weighted by Gasteiger charge is 2.17. The molecular weight excluding hydrogens is 496 g/mol. The fourth-order valence-electron chi connectivity index (χ4n) is 6.64. The lowest BCUT2D eigenvalue weighted by atomic mass is 9.89. The normalized spacial score (nSPS) is 13.6. The van der Waals surface area contributed by atoms with E-state index < -0.39 is 0 Å². The van der Waals surface area contributed by atoms with Crippen molar-refractivity contribution in [3.63, 3.8) is 0 Å². The Balaban J connectivity index is 2.00. The summed E-state index contributed by atoms with van der Waals surface area (Å²) in [6, 6.07) is 0. The Labute approximate surface area is 259 Å². The number of rotatable bonds is 34. The summed E-state index contributed by atoms with van der Waals surface area (Å²) in [5.41, 5.74) is 0. The predicted molar refractivity (Wildman–Crippen MR) is 187 cm³/mol. The van der Waals surface area contributed by atoms with Crippen LogP contribution in [-0.2, 0) is 0 Å². The van der Waals surface area contributed by atoms with Gasteiger partial charge in [0, 0.05) is 0 Å². The predicted octanol–water partition coefficient (Wildman–Crippen LogP) is 14.2. The second-order valence-electron chi connectivity index (χ2n) is 13.5. The zero-order valence-corrected chi connectivity index (χ0v) is 28.5. The van der Waals surface area contributed by atoms with E-state index in [1.54, 1.807) is 0 Å². The van der Waals surface area contributed by atoms with Crippen LogP contribution < -0.4 is 0 Å². The molecule has 1 atom stereocenters. The quantitative estimate of drug-likeness (QED) is 0.0542. The first-order chi connectivity index (χ1) is 20.4. The molecule has 0 fully saturated rings. The van der Waals surface area contributed by atoms with Crippen LogP contribution in [0, 0.1) is 12.1 Å². The minimum absolute atomic E-state index is 0.930. The fraction of sp³-hybridized carbons (Fsp3) is 0.923. The molecule has 2 nitrogen and oxygen atoms in total. The smallest absolute Gasteiger partial charge is 0.0968 e. The van der Waals surface area contributed by atoms with E-state index in [0.717, 1.165) is 18.5 Å². The molecule has 0 spiro atoms. The van der Waals surface area contributed by atoms with Gasteiger partial charge >= 0.3 is 0 Å². The molecule has 1 rings (SSSR count). The van der Waals surface area contributed by atoms with Crippen molar-refractivity contribution in [3.8, 4) is 0 Å². The second kappa shape index (κ2) is 32.1. The van der Waals surface area contributed by atoms with Crippen molar-refractivity contribution in [1.82, 2.24) is 0 Å². The van der Waals surface area contributed by atoms with Crippen LogP contribution in [0.4, 0.5) is 0 Å². The van der Waals surface area contributed by atoms with Crippen LogP contribution in [0.1, 0.15) is 226 Å². The van der Waals surface area contributed by atoms with Gasteiger partial charge in [0.05, 0.1) is 6.42 Å². The average molecular weight is 572 g/mol. The number of hydrogen-bond acceptors (Lipinski definition) is 2. The number of unbranched alkanes of at least 4 members (excludes halogenated alkanes) is 26. The van der Waals surface area contributed by atoms with E-state index in [-0.39, 0.29) is 0 Å². The monoisotopic (exact) mass is 572 g/mol. The van der Waals surface area contributed by atoms with Crippen LogP contribution in [0.25, 0.3) is 0 Å². The molecule has 0 amide bonds. The minimum Gasteiger partial charge on any atom is -0.0968 e. The lowest BCUT2D eigenvalue weighted by Gasteiger charge is -2.17. The molecule has 2 heteroatoms. The first-order valence-electron chi connectivity index (χ1n) is 19.3. The van der Waals surface area contributed by atoms with E-state index in [9.17, 15) is 0 Å². The molecule has 1 aliphatic rings. The van der Waals surface area contributed by atoms with E-state index in [4.69, 9.17) is 0 Å². The average Bonchev–Trinajstić information content (AvgIpc) is 3.50. The van der Waals surface area contributed by atoms with Crippen molar-refractivity contribution in [2.45, 2.75) is 226 Å². The summed E-state index contributed by atoms with van der Waals surface area (Å²) < 4.78 is 0. The first kappa shape index (κ1) is 38.2. The summed E-state index contributed by atoms with van der Waals surface area (Å²) in [6.07, 6.45) is 52.2. The molecule has 0 N–H and O–H groups in total. The molecule has 1 aliphatic heterocycles. The maximum absolute atomic E-state index is 4.39. The molecule has 0 aromatic carbocycles. The van der Waals surface area contributed by atoms with Crippen LogP contribution >= 0.6 is 0 Å². The van der Waals surface area contributed by atoms with E-state index in [1.807, 2.05) is 12.4 Å². The second-order valence-corrected chi connectivity index (χ2v) is 13.5. The molecule has 0 bridgehead atoms. The van der Waals surface area contributed by atoms with Crippen molar-refractivity contribution < 1.29 is 0 Å². The highest BCUT2D eigenvalue weighted by molar-refractivity contribution is 6.18. The maximum atomic E-state index is 4.39. The van der Waals surface area contributed by atoms with Gasteiger partial charge in [0.1, 0.15) is 0 Å². The van der Waals surface area contributed by atoms with Gasteiger partial charge in [-0.2, -0.15) is 0 Å². The summed E-state index contributed by atoms with van der Waals surface area (Å²) >= 11 is 0. The third kappa shape index (κ3) is 27.8. The van der Waals surface area contributed by atoms with Crippen LogP contribution in [0.2, 0.25) is 0 Å². The lowest BCUT2D eigenvalue weighted by molar-refractivity contribution is 0.369. The van der Waals surface area contributed by atoms with Gasteiger partial charge in [-0.1, -0.05) is 216 Å². The Hall–Kier alpha value is -0.790. The van der Waals surface area contributed by atoms with Gasteiger partial charge in [-0.25, -0.2) is 0 Å². The zero-order chi connectivity index (χ0) is 29.3. The summed E-state index contributed by atoms with van der Waals surface area (Å²) in [6.45, 7) is 4.62. The number of nitrogens with zero attached hydrogens (tertiary/aromatic N) is 2. The van der Waals surface area contributed by atoms with Gasteiger partial charge in [-0.3, -0.25) is 0 Å². The SMILES string of the molecule is CCCCCCCCCCCCCCCCCC(CCCCCCCCCCCCCCC)CCC[C+]1N=CC=N1. The Bertz CT molecular complexity index is 542. The lowest BCUT2D eigenvalue weighted by Crippen LogP contribution is -2.02. The standard InChI is InChI=1S/C39H75N2/c1-3-5-7-9-11-13-15-17-18-20-22-24-26-28-30-33-38(34-31-35-39-40-36-37-41-39)32-29-27-25-23-21-19-16-14-12-10-8-6-4-2/h36-38H,3-35H2,1-2H3/q+1. The van der Waals surface area contributed by atoms with Crippen LogP contribution in [0.15, 0.2) is 9.98 Å². The third-order valence-electron chi connectivity index (χ3n) is 9.46. The van der Waals surface area contributed by atoms with Crippen molar-refractivity contribution in [1.29, 1.82) is 0 Å². The van der Waals surface area contributed by atoms with Gasteiger partial charge < -0.3 is 0 Å². The zero-order valence-electron chi connectivity index (χ0n) is 28.5. The summed E-state index contributed by atoms with van der Waals surface area (Å²) in [5, 5.41) is 0. The van der Waals surface area contributed by atoms with Crippen LogP contribution in [0.3, 0.4) is 0 Å². The van der Waals surface area contributed by atoms with Gasteiger partial charge in [0.15, 0.2) is 12.4 Å². The third-order valence-corrected chi connectivity index (χ3v) is 9.46. The Morgan fingerprint density at radius 3 is 0.951 bits per heavy atom. The number of hydrogen-bond donors (Lipinski definition) is 0. The van der Waals surface area contributed by atoms with Crippen LogP contribution in [-0.4, -0.2) is 12.4 Å². The van der Waals surface area contributed by atoms with Crippen molar-refractivity contribution in [2.75, 3.05) is 0 Å². The van der Waals surface area contributed by atoms with Crippen molar-refractivity contribution >= 4 is 12.4 Å². The van der Waals surface area contributed by atoms with Crippen LogP contribution in [0.5, 0.6) is 0 Å². The Kier molecular flexibility index (Phi) is 30.0. The van der Waals surface area contributed by atoms with Gasteiger partial charge in [-0.15, -0.1) is 0 Å². The molecule has 41 heavy (non-hydrogen) atoms. The molecule has 240 valence electrons. The maximum Gasteiger partial charge on any atom is 0.240 e. The Morgan fingerprint density at radius 2 is 0.634 bits per heavy atom. The molecule has 1 unspecified atom stereocenters.